The summed E-state index contributed by atoms with van der Waals surface area (Å²) in [5.74, 6) is 0.163. The third-order valence-corrected chi connectivity index (χ3v) is 3.32. The lowest BCUT2D eigenvalue weighted by atomic mass is 10.2. The summed E-state index contributed by atoms with van der Waals surface area (Å²) in [5.41, 5.74) is 0.466. The van der Waals surface area contributed by atoms with E-state index in [0.29, 0.717) is 22.3 Å². The van der Waals surface area contributed by atoms with Crippen molar-refractivity contribution in [2.24, 2.45) is 0 Å². The number of rotatable bonds is 6. The number of carbonyl (C=O) groups excluding carboxylic acids is 2. The largest absolute Gasteiger partial charge is 0.496 e. The molecule has 0 fully saturated rings. The van der Waals surface area contributed by atoms with Gasteiger partial charge in [0.15, 0.2) is 0 Å². The molecule has 0 aliphatic carbocycles. The van der Waals surface area contributed by atoms with Gasteiger partial charge >= 0.3 is 0 Å². The lowest BCUT2D eigenvalue weighted by Gasteiger charge is -2.14. The Morgan fingerprint density at radius 2 is 2.10 bits per heavy atom. The Bertz CT molecular complexity index is 491. The molecule has 1 aromatic carbocycles. The van der Waals surface area contributed by atoms with Crippen LogP contribution in [0.5, 0.6) is 5.75 Å². The molecule has 6 heteroatoms. The zero-order chi connectivity index (χ0) is 15.1. The second-order valence-corrected chi connectivity index (χ2v) is 5.19. The minimum atomic E-state index is -0.574. The number of methoxy groups -OCH3 is 1. The number of amides is 2. The number of hydrogen-bond acceptors (Lipinski definition) is 3. The van der Waals surface area contributed by atoms with E-state index >= 15 is 0 Å². The predicted molar refractivity (Wildman–Crippen MR) is 80.9 cm³/mol. The van der Waals surface area contributed by atoms with Gasteiger partial charge in [0.25, 0.3) is 5.91 Å². The van der Waals surface area contributed by atoms with Crippen molar-refractivity contribution in [3.8, 4) is 5.75 Å². The second-order valence-electron chi connectivity index (χ2n) is 4.34. The molecule has 0 heterocycles. The maximum absolute atomic E-state index is 12.0. The van der Waals surface area contributed by atoms with Gasteiger partial charge in [-0.3, -0.25) is 9.59 Å². The SMILES string of the molecule is CCCNC(=O)[C@@H](C)NC(=O)c1ccc(OC)c(Br)c1. The van der Waals surface area contributed by atoms with Gasteiger partial charge in [0.05, 0.1) is 11.6 Å². The second kappa shape index (κ2) is 7.89. The van der Waals surface area contributed by atoms with Gasteiger partial charge in [-0.25, -0.2) is 0 Å². The Labute approximate surface area is 127 Å². The van der Waals surface area contributed by atoms with Crippen LogP contribution in [0.25, 0.3) is 0 Å². The number of ether oxygens (including phenoxy) is 1. The van der Waals surface area contributed by atoms with Crippen LogP contribution in [0.2, 0.25) is 0 Å². The highest BCUT2D eigenvalue weighted by Crippen LogP contribution is 2.25. The monoisotopic (exact) mass is 342 g/mol. The van der Waals surface area contributed by atoms with E-state index in [4.69, 9.17) is 4.74 Å². The van der Waals surface area contributed by atoms with Crippen LogP contribution in [0.15, 0.2) is 22.7 Å². The molecule has 0 saturated carbocycles. The highest BCUT2D eigenvalue weighted by atomic mass is 79.9. The molecule has 0 bridgehead atoms. The van der Waals surface area contributed by atoms with E-state index in [-0.39, 0.29) is 11.8 Å². The summed E-state index contributed by atoms with van der Waals surface area (Å²) in [5, 5.41) is 5.39. The van der Waals surface area contributed by atoms with Crippen molar-refractivity contribution < 1.29 is 14.3 Å². The fourth-order valence-corrected chi connectivity index (χ4v) is 2.10. The molecule has 1 aromatic rings. The number of nitrogens with one attached hydrogen (secondary N) is 2. The number of carbonyl (C=O) groups is 2. The highest BCUT2D eigenvalue weighted by Gasteiger charge is 2.16. The summed E-state index contributed by atoms with van der Waals surface area (Å²) in [6, 6.07) is 4.43. The molecule has 0 aliphatic rings. The Kier molecular flexibility index (Phi) is 6.51. The summed E-state index contributed by atoms with van der Waals surface area (Å²) >= 11 is 3.32. The maximum atomic E-state index is 12.0. The molecule has 0 radical (unpaired) electrons. The highest BCUT2D eigenvalue weighted by molar-refractivity contribution is 9.10. The lowest BCUT2D eigenvalue weighted by Crippen LogP contribution is -2.45. The van der Waals surface area contributed by atoms with Crippen LogP contribution in [0.4, 0.5) is 0 Å². The molecule has 0 aromatic heterocycles. The van der Waals surface area contributed by atoms with Gasteiger partial charge < -0.3 is 15.4 Å². The topological polar surface area (TPSA) is 67.4 Å². The first kappa shape index (κ1) is 16.5. The molecule has 110 valence electrons. The third-order valence-electron chi connectivity index (χ3n) is 2.70. The molecule has 0 aliphatic heterocycles. The fourth-order valence-electron chi connectivity index (χ4n) is 1.55. The zero-order valence-electron chi connectivity index (χ0n) is 11.8. The predicted octanol–water partition coefficient (Wildman–Crippen LogP) is 2.10. The molecular weight excluding hydrogens is 324 g/mol. The van der Waals surface area contributed by atoms with Gasteiger partial charge in [0, 0.05) is 12.1 Å². The average molecular weight is 343 g/mol. The van der Waals surface area contributed by atoms with E-state index in [1.165, 1.54) is 0 Å². The number of halogens is 1. The minimum Gasteiger partial charge on any atom is -0.496 e. The minimum absolute atomic E-state index is 0.187. The molecule has 1 rings (SSSR count). The van der Waals surface area contributed by atoms with E-state index in [9.17, 15) is 9.59 Å². The van der Waals surface area contributed by atoms with Crippen molar-refractivity contribution in [3.63, 3.8) is 0 Å². The first-order valence-corrected chi connectivity index (χ1v) is 7.21. The molecule has 5 nitrogen and oxygen atoms in total. The Balaban J connectivity index is 2.66. The van der Waals surface area contributed by atoms with Crippen molar-refractivity contribution >= 4 is 27.7 Å². The van der Waals surface area contributed by atoms with Crippen LogP contribution in [-0.2, 0) is 4.79 Å². The van der Waals surface area contributed by atoms with Crippen molar-refractivity contribution in [2.75, 3.05) is 13.7 Å². The molecule has 2 amide bonds. The van der Waals surface area contributed by atoms with Crippen LogP contribution < -0.4 is 15.4 Å². The third kappa shape index (κ3) is 4.52. The van der Waals surface area contributed by atoms with E-state index in [2.05, 4.69) is 26.6 Å². The molecular formula is C14H19BrN2O3. The lowest BCUT2D eigenvalue weighted by molar-refractivity contribution is -0.122. The summed E-state index contributed by atoms with van der Waals surface area (Å²) in [6.45, 7) is 4.23. The number of hydrogen-bond donors (Lipinski definition) is 2. The molecule has 0 spiro atoms. The van der Waals surface area contributed by atoms with Gasteiger partial charge in [0.1, 0.15) is 11.8 Å². The van der Waals surface area contributed by atoms with Crippen LogP contribution >= 0.6 is 15.9 Å². The van der Waals surface area contributed by atoms with Gasteiger partial charge in [-0.15, -0.1) is 0 Å². The quantitative estimate of drug-likeness (QED) is 0.831. The van der Waals surface area contributed by atoms with Crippen molar-refractivity contribution in [1.29, 1.82) is 0 Å². The van der Waals surface area contributed by atoms with Gasteiger partial charge in [-0.05, 0) is 47.5 Å². The summed E-state index contributed by atoms with van der Waals surface area (Å²) in [6.07, 6.45) is 0.859. The van der Waals surface area contributed by atoms with Gasteiger partial charge in [0.2, 0.25) is 5.91 Å². The Morgan fingerprint density at radius 3 is 2.65 bits per heavy atom. The number of benzene rings is 1. The van der Waals surface area contributed by atoms with Crippen LogP contribution in [0.1, 0.15) is 30.6 Å². The van der Waals surface area contributed by atoms with E-state index in [0.717, 1.165) is 6.42 Å². The van der Waals surface area contributed by atoms with Crippen molar-refractivity contribution in [2.45, 2.75) is 26.3 Å². The molecule has 0 saturated heterocycles. The average Bonchev–Trinajstić information content (AvgIpc) is 2.44. The summed E-state index contributed by atoms with van der Waals surface area (Å²) in [4.78, 5) is 23.7. The molecule has 2 N–H and O–H groups in total. The first-order chi connectivity index (χ1) is 9.49. The maximum Gasteiger partial charge on any atom is 0.251 e. The zero-order valence-corrected chi connectivity index (χ0v) is 13.4. The Hall–Kier alpha value is -1.56. The van der Waals surface area contributed by atoms with Crippen LogP contribution in [0.3, 0.4) is 0 Å². The smallest absolute Gasteiger partial charge is 0.251 e. The van der Waals surface area contributed by atoms with Gasteiger partial charge in [-0.1, -0.05) is 6.92 Å². The van der Waals surface area contributed by atoms with Crippen LogP contribution in [0, 0.1) is 0 Å². The van der Waals surface area contributed by atoms with Crippen molar-refractivity contribution in [1.82, 2.24) is 10.6 Å². The van der Waals surface area contributed by atoms with Gasteiger partial charge in [-0.2, -0.15) is 0 Å². The van der Waals surface area contributed by atoms with E-state index in [1.54, 1.807) is 32.2 Å². The molecule has 0 unspecified atom stereocenters. The molecule has 1 atom stereocenters. The van der Waals surface area contributed by atoms with E-state index < -0.39 is 6.04 Å². The normalized spacial score (nSPS) is 11.6. The van der Waals surface area contributed by atoms with Crippen molar-refractivity contribution in [3.05, 3.63) is 28.2 Å². The van der Waals surface area contributed by atoms with E-state index in [1.807, 2.05) is 6.92 Å². The molecule has 20 heavy (non-hydrogen) atoms. The van der Waals surface area contributed by atoms with Crippen LogP contribution in [-0.4, -0.2) is 31.5 Å². The summed E-state index contributed by atoms with van der Waals surface area (Å²) < 4.78 is 5.79. The summed E-state index contributed by atoms with van der Waals surface area (Å²) in [7, 11) is 1.56. The Morgan fingerprint density at radius 1 is 1.40 bits per heavy atom. The first-order valence-electron chi connectivity index (χ1n) is 6.41. The fraction of sp³-hybridized carbons (Fsp3) is 0.429. The standard InChI is InChI=1S/C14H19BrN2O3/c1-4-7-16-13(18)9(2)17-14(19)10-5-6-12(20-3)11(15)8-10/h5-6,8-9H,4,7H2,1-3H3,(H,16,18)(H,17,19)/t9-/m1/s1.